The van der Waals surface area contributed by atoms with Crippen LogP contribution in [0.2, 0.25) is 0 Å². The van der Waals surface area contributed by atoms with E-state index in [4.69, 9.17) is 4.74 Å². The van der Waals surface area contributed by atoms with Crippen molar-refractivity contribution in [3.63, 3.8) is 0 Å². The molecule has 1 aliphatic heterocycles. The zero-order valence-corrected chi connectivity index (χ0v) is 15.6. The van der Waals surface area contributed by atoms with Gasteiger partial charge >= 0.3 is 0 Å². The Morgan fingerprint density at radius 2 is 2.10 bits per heavy atom. The van der Waals surface area contributed by atoms with Gasteiger partial charge in [0, 0.05) is 15.6 Å². The molecule has 1 saturated heterocycles. The molecule has 20 heavy (non-hydrogen) atoms. The normalized spacial score (nSPS) is 24.1. The molecule has 0 aromatic heterocycles. The van der Waals surface area contributed by atoms with Gasteiger partial charge in [-0.05, 0) is 62.9 Å². The van der Waals surface area contributed by atoms with E-state index in [-0.39, 0.29) is 11.6 Å². The summed E-state index contributed by atoms with van der Waals surface area (Å²) in [7, 11) is 0. The van der Waals surface area contributed by atoms with Crippen LogP contribution in [-0.2, 0) is 4.74 Å². The third-order valence-corrected chi connectivity index (χ3v) is 5.59. The fraction of sp³-hybridized carbons (Fsp3) is 0.625. The fourth-order valence-corrected chi connectivity index (χ4v) is 3.90. The van der Waals surface area contributed by atoms with Crippen molar-refractivity contribution in [1.29, 1.82) is 0 Å². The minimum atomic E-state index is -0.119. The number of benzene rings is 1. The molecule has 4 heteroatoms. The molecule has 112 valence electrons. The van der Waals surface area contributed by atoms with Gasteiger partial charge < -0.3 is 10.1 Å². The fourth-order valence-electron chi connectivity index (χ4n) is 2.85. The van der Waals surface area contributed by atoms with E-state index < -0.39 is 0 Å². The van der Waals surface area contributed by atoms with Crippen LogP contribution >= 0.6 is 31.9 Å². The summed E-state index contributed by atoms with van der Waals surface area (Å²) in [6.45, 7) is 8.41. The second kappa shape index (κ2) is 6.91. The van der Waals surface area contributed by atoms with E-state index in [9.17, 15) is 0 Å². The number of aryl methyl sites for hydroxylation is 1. The first kappa shape index (κ1) is 16.5. The second-order valence-corrected chi connectivity index (χ2v) is 7.48. The summed E-state index contributed by atoms with van der Waals surface area (Å²) < 4.78 is 8.39. The zero-order valence-electron chi connectivity index (χ0n) is 12.4. The second-order valence-electron chi connectivity index (χ2n) is 5.77. The maximum absolute atomic E-state index is 6.08. The Balaban J connectivity index is 2.38. The highest BCUT2D eigenvalue weighted by Gasteiger charge is 2.39. The molecule has 0 radical (unpaired) electrons. The van der Waals surface area contributed by atoms with Gasteiger partial charge in [-0.1, -0.05) is 38.8 Å². The van der Waals surface area contributed by atoms with Gasteiger partial charge in [0.2, 0.25) is 0 Å². The molecule has 0 bridgehead atoms. The Labute approximate surface area is 138 Å². The average Bonchev–Trinajstić information content (AvgIpc) is 2.83. The predicted molar refractivity (Wildman–Crippen MR) is 91.2 cm³/mol. The Bertz CT molecular complexity index is 470. The summed E-state index contributed by atoms with van der Waals surface area (Å²) >= 11 is 7.38. The summed E-state index contributed by atoms with van der Waals surface area (Å²) in [5.74, 6) is 0. The third-order valence-electron chi connectivity index (χ3n) is 4.05. The molecule has 0 amide bonds. The summed E-state index contributed by atoms with van der Waals surface area (Å²) in [5.41, 5.74) is 2.40. The van der Waals surface area contributed by atoms with Crippen molar-refractivity contribution in [3.8, 4) is 0 Å². The average molecular weight is 405 g/mol. The zero-order chi connectivity index (χ0) is 14.8. The van der Waals surface area contributed by atoms with Crippen LogP contribution in [0.15, 0.2) is 21.1 Å². The number of nitrogens with one attached hydrogen (secondary N) is 1. The van der Waals surface area contributed by atoms with E-state index in [1.165, 1.54) is 11.1 Å². The molecule has 2 rings (SSSR count). The van der Waals surface area contributed by atoms with E-state index in [0.29, 0.717) is 0 Å². The van der Waals surface area contributed by atoms with Crippen molar-refractivity contribution < 1.29 is 4.74 Å². The molecule has 1 aromatic carbocycles. The van der Waals surface area contributed by atoms with Crippen LogP contribution in [0, 0.1) is 6.92 Å². The molecule has 1 aliphatic rings. The SMILES string of the molecule is CCCNC(c1cc(Br)c(C)cc1Br)C1(C)CCCO1. The maximum Gasteiger partial charge on any atom is 0.0849 e. The first-order valence-corrected chi connectivity index (χ1v) is 8.89. The van der Waals surface area contributed by atoms with Crippen molar-refractivity contribution >= 4 is 31.9 Å². The molecule has 0 spiro atoms. The number of ether oxygens (including phenoxy) is 1. The molecule has 2 nitrogen and oxygen atoms in total. The first-order valence-electron chi connectivity index (χ1n) is 7.31. The van der Waals surface area contributed by atoms with Gasteiger partial charge in [-0.2, -0.15) is 0 Å². The Morgan fingerprint density at radius 3 is 2.70 bits per heavy atom. The monoisotopic (exact) mass is 403 g/mol. The summed E-state index contributed by atoms with van der Waals surface area (Å²) in [5, 5.41) is 3.68. The van der Waals surface area contributed by atoms with Crippen LogP contribution in [0.1, 0.15) is 50.3 Å². The number of rotatable bonds is 5. The van der Waals surface area contributed by atoms with E-state index in [1.807, 2.05) is 0 Å². The smallest absolute Gasteiger partial charge is 0.0849 e. The molecule has 1 fully saturated rings. The highest BCUT2D eigenvalue weighted by molar-refractivity contribution is 9.11. The standard InChI is InChI=1S/C16H23Br2NO/c1-4-7-19-15(16(3)6-5-8-20-16)12-10-13(17)11(2)9-14(12)18/h9-10,15,19H,4-8H2,1-3H3. The third kappa shape index (κ3) is 3.46. The van der Waals surface area contributed by atoms with Gasteiger partial charge in [-0.15, -0.1) is 0 Å². The van der Waals surface area contributed by atoms with Crippen LogP contribution in [-0.4, -0.2) is 18.8 Å². The van der Waals surface area contributed by atoms with E-state index in [1.54, 1.807) is 0 Å². The van der Waals surface area contributed by atoms with Crippen LogP contribution in [0.5, 0.6) is 0 Å². The molecular formula is C16H23Br2NO. The molecule has 1 aromatic rings. The summed E-state index contributed by atoms with van der Waals surface area (Å²) in [6.07, 6.45) is 3.37. The van der Waals surface area contributed by atoms with Crippen molar-refractivity contribution in [2.45, 2.75) is 51.7 Å². The van der Waals surface area contributed by atoms with Crippen molar-refractivity contribution in [2.24, 2.45) is 0 Å². The largest absolute Gasteiger partial charge is 0.373 e. The Hall–Kier alpha value is 0.1000. The molecule has 2 atom stereocenters. The predicted octanol–water partition coefficient (Wildman–Crippen LogP) is 5.13. The minimum absolute atomic E-state index is 0.119. The molecule has 2 unspecified atom stereocenters. The molecule has 0 saturated carbocycles. The number of hydrogen-bond donors (Lipinski definition) is 1. The lowest BCUT2D eigenvalue weighted by molar-refractivity contribution is -0.0126. The molecular weight excluding hydrogens is 382 g/mol. The van der Waals surface area contributed by atoms with Crippen LogP contribution in [0.3, 0.4) is 0 Å². The number of halogens is 2. The summed E-state index contributed by atoms with van der Waals surface area (Å²) in [4.78, 5) is 0. The van der Waals surface area contributed by atoms with E-state index >= 15 is 0 Å². The molecule has 0 aliphatic carbocycles. The lowest BCUT2D eigenvalue weighted by atomic mass is 9.87. The van der Waals surface area contributed by atoms with E-state index in [2.05, 4.69) is 70.1 Å². The highest BCUT2D eigenvalue weighted by atomic mass is 79.9. The Kier molecular flexibility index (Phi) is 5.69. The van der Waals surface area contributed by atoms with E-state index in [0.717, 1.165) is 41.4 Å². The van der Waals surface area contributed by atoms with Gasteiger partial charge in [0.05, 0.1) is 11.6 Å². The summed E-state index contributed by atoms with van der Waals surface area (Å²) in [6, 6.07) is 4.62. The highest BCUT2D eigenvalue weighted by Crippen LogP contribution is 2.41. The van der Waals surface area contributed by atoms with Gasteiger partial charge in [-0.3, -0.25) is 0 Å². The molecule has 1 N–H and O–H groups in total. The lowest BCUT2D eigenvalue weighted by Gasteiger charge is -2.35. The minimum Gasteiger partial charge on any atom is -0.373 e. The quantitative estimate of drug-likeness (QED) is 0.734. The van der Waals surface area contributed by atoms with Gasteiger partial charge in [0.1, 0.15) is 0 Å². The van der Waals surface area contributed by atoms with Crippen LogP contribution in [0.4, 0.5) is 0 Å². The van der Waals surface area contributed by atoms with Crippen molar-refractivity contribution in [2.75, 3.05) is 13.2 Å². The van der Waals surface area contributed by atoms with Crippen LogP contribution in [0.25, 0.3) is 0 Å². The van der Waals surface area contributed by atoms with Crippen molar-refractivity contribution in [3.05, 3.63) is 32.2 Å². The van der Waals surface area contributed by atoms with Crippen molar-refractivity contribution in [1.82, 2.24) is 5.32 Å². The topological polar surface area (TPSA) is 21.3 Å². The first-order chi connectivity index (χ1) is 9.48. The maximum atomic E-state index is 6.08. The lowest BCUT2D eigenvalue weighted by Crippen LogP contribution is -2.41. The van der Waals surface area contributed by atoms with Gasteiger partial charge in [0.15, 0.2) is 0 Å². The van der Waals surface area contributed by atoms with Gasteiger partial charge in [0.25, 0.3) is 0 Å². The Morgan fingerprint density at radius 1 is 1.35 bits per heavy atom. The molecule has 1 heterocycles. The number of hydrogen-bond acceptors (Lipinski definition) is 2. The van der Waals surface area contributed by atoms with Crippen LogP contribution < -0.4 is 5.32 Å². The van der Waals surface area contributed by atoms with Gasteiger partial charge in [-0.25, -0.2) is 0 Å².